The van der Waals surface area contributed by atoms with E-state index in [9.17, 15) is 9.59 Å². The maximum atomic E-state index is 12.1. The number of anilines is 1. The molecular weight excluding hydrogens is 288 g/mol. The first kappa shape index (κ1) is 15.1. The number of amides is 2. The van der Waals surface area contributed by atoms with Crippen molar-refractivity contribution in [3.05, 3.63) is 51.7 Å². The van der Waals surface area contributed by atoms with Crippen molar-refractivity contribution in [2.75, 3.05) is 12.4 Å². The number of urea groups is 1. The van der Waals surface area contributed by atoms with E-state index in [4.69, 9.17) is 5.11 Å². The molecule has 21 heavy (non-hydrogen) atoms. The summed E-state index contributed by atoms with van der Waals surface area (Å²) < 4.78 is 0. The van der Waals surface area contributed by atoms with Crippen molar-refractivity contribution in [3.8, 4) is 0 Å². The summed E-state index contributed by atoms with van der Waals surface area (Å²) in [4.78, 5) is 24.6. The molecule has 2 N–H and O–H groups in total. The van der Waals surface area contributed by atoms with Gasteiger partial charge in [0.15, 0.2) is 0 Å². The topological polar surface area (TPSA) is 69.6 Å². The number of hydrogen-bond acceptors (Lipinski definition) is 3. The van der Waals surface area contributed by atoms with Crippen LogP contribution in [0.5, 0.6) is 0 Å². The Hall–Kier alpha value is -2.34. The van der Waals surface area contributed by atoms with E-state index in [-0.39, 0.29) is 11.6 Å². The summed E-state index contributed by atoms with van der Waals surface area (Å²) in [6.45, 7) is 2.29. The third kappa shape index (κ3) is 3.82. The minimum absolute atomic E-state index is 0.206. The first-order valence-electron chi connectivity index (χ1n) is 6.34. The molecule has 2 aromatic rings. The lowest BCUT2D eigenvalue weighted by Crippen LogP contribution is -2.30. The lowest BCUT2D eigenvalue weighted by molar-refractivity contribution is 0.0697. The van der Waals surface area contributed by atoms with Crippen LogP contribution < -0.4 is 5.32 Å². The van der Waals surface area contributed by atoms with Crippen LogP contribution in [-0.2, 0) is 6.54 Å². The van der Waals surface area contributed by atoms with Gasteiger partial charge in [0.2, 0.25) is 0 Å². The van der Waals surface area contributed by atoms with E-state index in [1.54, 1.807) is 36.3 Å². The number of carbonyl (C=O) groups is 2. The number of nitrogens with one attached hydrogen (secondary N) is 1. The van der Waals surface area contributed by atoms with Gasteiger partial charge in [-0.25, -0.2) is 9.59 Å². The van der Waals surface area contributed by atoms with Crippen LogP contribution in [-0.4, -0.2) is 29.1 Å². The van der Waals surface area contributed by atoms with Gasteiger partial charge in [-0.15, -0.1) is 0 Å². The molecule has 1 aromatic heterocycles. The normalized spacial score (nSPS) is 10.2. The minimum Gasteiger partial charge on any atom is -0.478 e. The van der Waals surface area contributed by atoms with Gasteiger partial charge in [0.25, 0.3) is 0 Å². The Balaban J connectivity index is 2.03. The number of aryl methyl sites for hydroxylation is 1. The molecule has 0 radical (unpaired) electrons. The zero-order valence-corrected chi connectivity index (χ0v) is 12.6. The summed E-state index contributed by atoms with van der Waals surface area (Å²) in [6.07, 6.45) is 0. The van der Waals surface area contributed by atoms with Crippen LogP contribution in [0.1, 0.15) is 21.5 Å². The molecule has 110 valence electrons. The van der Waals surface area contributed by atoms with E-state index >= 15 is 0 Å². The van der Waals surface area contributed by atoms with Crippen LogP contribution in [0.4, 0.5) is 10.5 Å². The number of benzene rings is 1. The number of aromatic carboxylic acids is 1. The second-order valence-corrected chi connectivity index (χ2v) is 5.53. The number of thiophene rings is 1. The summed E-state index contributed by atoms with van der Waals surface area (Å²) in [6, 6.07) is 6.37. The Morgan fingerprint density at radius 3 is 2.67 bits per heavy atom. The highest BCUT2D eigenvalue weighted by atomic mass is 32.1. The summed E-state index contributed by atoms with van der Waals surface area (Å²) in [7, 11) is 1.72. The van der Waals surface area contributed by atoms with Crippen molar-refractivity contribution in [2.45, 2.75) is 13.5 Å². The predicted octanol–water partition coefficient (Wildman–Crippen LogP) is 3.42. The number of nitrogens with zero attached hydrogens (tertiary/aromatic N) is 1. The highest BCUT2D eigenvalue weighted by Gasteiger charge is 2.12. The molecule has 1 aromatic carbocycles. The third-order valence-electron chi connectivity index (χ3n) is 3.06. The SMILES string of the molecule is Cc1cc(C(=O)O)ccc1NC(=O)N(C)Cc1ccsc1. The molecular formula is C15H16N2O3S. The maximum Gasteiger partial charge on any atom is 0.335 e. The Bertz CT molecular complexity index is 653. The second kappa shape index (κ2) is 6.41. The Kier molecular flexibility index (Phi) is 4.59. The summed E-state index contributed by atoms with van der Waals surface area (Å²) in [5.74, 6) is -0.981. The van der Waals surface area contributed by atoms with E-state index in [1.807, 2.05) is 16.8 Å². The second-order valence-electron chi connectivity index (χ2n) is 4.75. The zero-order valence-electron chi connectivity index (χ0n) is 11.8. The molecule has 0 spiro atoms. The molecule has 0 unspecified atom stereocenters. The first-order valence-corrected chi connectivity index (χ1v) is 7.29. The Labute approximate surface area is 126 Å². The Morgan fingerprint density at radius 2 is 2.10 bits per heavy atom. The molecule has 1 heterocycles. The maximum absolute atomic E-state index is 12.1. The number of carbonyl (C=O) groups excluding carboxylic acids is 1. The van der Waals surface area contributed by atoms with Crippen molar-refractivity contribution in [2.24, 2.45) is 0 Å². The lowest BCUT2D eigenvalue weighted by Gasteiger charge is -2.18. The molecule has 6 heteroatoms. The van der Waals surface area contributed by atoms with E-state index < -0.39 is 5.97 Å². The molecule has 0 saturated heterocycles. The van der Waals surface area contributed by atoms with Gasteiger partial charge in [-0.05, 0) is 53.1 Å². The largest absolute Gasteiger partial charge is 0.478 e. The molecule has 5 nitrogen and oxygen atoms in total. The van der Waals surface area contributed by atoms with Gasteiger partial charge < -0.3 is 15.3 Å². The summed E-state index contributed by atoms with van der Waals surface area (Å²) >= 11 is 1.59. The monoisotopic (exact) mass is 304 g/mol. The summed E-state index contributed by atoms with van der Waals surface area (Å²) in [5, 5.41) is 15.7. The van der Waals surface area contributed by atoms with Crippen LogP contribution >= 0.6 is 11.3 Å². The number of carboxylic acids is 1. The van der Waals surface area contributed by atoms with E-state index in [0.717, 1.165) is 5.56 Å². The van der Waals surface area contributed by atoms with Gasteiger partial charge in [0.1, 0.15) is 0 Å². The van der Waals surface area contributed by atoms with Crippen LogP contribution in [0.2, 0.25) is 0 Å². The fourth-order valence-electron chi connectivity index (χ4n) is 1.88. The minimum atomic E-state index is -0.981. The van der Waals surface area contributed by atoms with Crippen molar-refractivity contribution in [1.82, 2.24) is 4.90 Å². The molecule has 0 atom stereocenters. The molecule has 0 aliphatic carbocycles. The van der Waals surface area contributed by atoms with Crippen molar-refractivity contribution < 1.29 is 14.7 Å². The molecule has 0 bridgehead atoms. The molecule has 2 amide bonds. The van der Waals surface area contributed by atoms with Crippen LogP contribution in [0, 0.1) is 6.92 Å². The number of rotatable bonds is 4. The van der Waals surface area contributed by atoms with Crippen LogP contribution in [0.15, 0.2) is 35.0 Å². The molecule has 0 aliphatic heterocycles. The molecule has 2 rings (SSSR count). The molecule has 0 saturated carbocycles. The van der Waals surface area contributed by atoms with E-state index in [1.165, 1.54) is 12.1 Å². The molecule has 0 fully saturated rings. The quantitative estimate of drug-likeness (QED) is 0.909. The average molecular weight is 304 g/mol. The number of carboxylic acid groups (broad SMARTS) is 1. The van der Waals surface area contributed by atoms with Gasteiger partial charge in [-0.1, -0.05) is 0 Å². The highest BCUT2D eigenvalue weighted by molar-refractivity contribution is 7.07. The van der Waals surface area contributed by atoms with Gasteiger partial charge in [0.05, 0.1) is 5.56 Å². The third-order valence-corrected chi connectivity index (χ3v) is 3.79. The summed E-state index contributed by atoms with van der Waals surface area (Å²) in [5.41, 5.74) is 2.61. The molecule has 0 aliphatic rings. The van der Waals surface area contributed by atoms with Gasteiger partial charge in [-0.2, -0.15) is 11.3 Å². The van der Waals surface area contributed by atoms with E-state index in [2.05, 4.69) is 5.32 Å². The van der Waals surface area contributed by atoms with Crippen molar-refractivity contribution >= 4 is 29.0 Å². The van der Waals surface area contributed by atoms with Crippen LogP contribution in [0.25, 0.3) is 0 Å². The zero-order chi connectivity index (χ0) is 15.4. The fourth-order valence-corrected chi connectivity index (χ4v) is 2.54. The fraction of sp³-hybridized carbons (Fsp3) is 0.200. The smallest absolute Gasteiger partial charge is 0.335 e. The lowest BCUT2D eigenvalue weighted by atomic mass is 10.1. The average Bonchev–Trinajstić information content (AvgIpc) is 2.93. The van der Waals surface area contributed by atoms with E-state index in [0.29, 0.717) is 17.8 Å². The van der Waals surface area contributed by atoms with Gasteiger partial charge in [-0.3, -0.25) is 0 Å². The van der Waals surface area contributed by atoms with Gasteiger partial charge in [0, 0.05) is 19.3 Å². The van der Waals surface area contributed by atoms with Crippen molar-refractivity contribution in [1.29, 1.82) is 0 Å². The van der Waals surface area contributed by atoms with Crippen LogP contribution in [0.3, 0.4) is 0 Å². The van der Waals surface area contributed by atoms with Crippen molar-refractivity contribution in [3.63, 3.8) is 0 Å². The first-order chi connectivity index (χ1) is 9.97. The van der Waals surface area contributed by atoms with Gasteiger partial charge >= 0.3 is 12.0 Å². The predicted molar refractivity (Wildman–Crippen MR) is 82.9 cm³/mol. The highest BCUT2D eigenvalue weighted by Crippen LogP contribution is 2.17. The standard InChI is InChI=1S/C15H16N2O3S/c1-10-7-12(14(18)19)3-4-13(10)16-15(20)17(2)8-11-5-6-21-9-11/h3-7,9H,8H2,1-2H3,(H,16,20)(H,18,19). The Morgan fingerprint density at radius 1 is 1.33 bits per heavy atom. The number of hydrogen-bond donors (Lipinski definition) is 2.